The van der Waals surface area contributed by atoms with Gasteiger partial charge in [0.2, 0.25) is 0 Å². The molecule has 0 amide bonds. The van der Waals surface area contributed by atoms with Crippen LogP contribution in [0.1, 0.15) is 10.7 Å². The maximum Gasteiger partial charge on any atom is 0.161 e. The molecule has 1 N–H and O–H groups in total. The van der Waals surface area contributed by atoms with E-state index in [0.717, 1.165) is 52.2 Å². The highest BCUT2D eigenvalue weighted by Gasteiger charge is 2.09. The van der Waals surface area contributed by atoms with Crippen molar-refractivity contribution >= 4 is 11.3 Å². The maximum atomic E-state index is 5.37. The van der Waals surface area contributed by atoms with Crippen LogP contribution in [0.3, 0.4) is 0 Å². The summed E-state index contributed by atoms with van der Waals surface area (Å²) in [6, 6.07) is 11.9. The van der Waals surface area contributed by atoms with Crippen LogP contribution in [0.4, 0.5) is 0 Å². The summed E-state index contributed by atoms with van der Waals surface area (Å²) in [6.07, 6.45) is 4.64. The van der Waals surface area contributed by atoms with E-state index in [4.69, 9.17) is 9.47 Å². The number of aromatic nitrogens is 2. The minimum absolute atomic E-state index is 0.725. The highest BCUT2D eigenvalue weighted by atomic mass is 32.1. The Morgan fingerprint density at radius 2 is 1.92 bits per heavy atom. The highest BCUT2D eigenvalue weighted by molar-refractivity contribution is 7.15. The smallest absolute Gasteiger partial charge is 0.161 e. The summed E-state index contributed by atoms with van der Waals surface area (Å²) < 4.78 is 10.6. The van der Waals surface area contributed by atoms with Gasteiger partial charge in [-0.1, -0.05) is 6.07 Å². The van der Waals surface area contributed by atoms with E-state index < -0.39 is 0 Å². The minimum Gasteiger partial charge on any atom is -0.493 e. The summed E-state index contributed by atoms with van der Waals surface area (Å²) in [5, 5.41) is 4.48. The fourth-order valence-corrected chi connectivity index (χ4v) is 3.36. The zero-order chi connectivity index (χ0) is 17.5. The molecule has 0 bridgehead atoms. The molecule has 130 valence electrons. The van der Waals surface area contributed by atoms with Crippen molar-refractivity contribution in [3.63, 3.8) is 0 Å². The van der Waals surface area contributed by atoms with Gasteiger partial charge < -0.3 is 14.8 Å². The lowest BCUT2D eigenvalue weighted by molar-refractivity contribution is 0.355. The summed E-state index contributed by atoms with van der Waals surface area (Å²) in [5.74, 6) is 1.45. The molecule has 6 heteroatoms. The third kappa shape index (κ3) is 4.55. The first-order valence-electron chi connectivity index (χ1n) is 8.08. The first kappa shape index (κ1) is 17.4. The molecule has 5 nitrogen and oxygen atoms in total. The van der Waals surface area contributed by atoms with E-state index in [1.54, 1.807) is 25.6 Å². The lowest BCUT2D eigenvalue weighted by Gasteiger charge is -2.08. The molecule has 3 aromatic rings. The Bertz CT molecular complexity index is 805. The molecule has 0 radical (unpaired) electrons. The fourth-order valence-electron chi connectivity index (χ4n) is 2.47. The van der Waals surface area contributed by atoms with Crippen molar-refractivity contribution in [3.05, 3.63) is 59.5 Å². The molecule has 0 aliphatic carbocycles. The van der Waals surface area contributed by atoms with Gasteiger partial charge in [-0.2, -0.15) is 0 Å². The van der Waals surface area contributed by atoms with E-state index in [1.165, 1.54) is 0 Å². The Hall–Kier alpha value is -2.44. The van der Waals surface area contributed by atoms with Crippen LogP contribution in [0.5, 0.6) is 11.5 Å². The Morgan fingerprint density at radius 3 is 2.68 bits per heavy atom. The molecule has 1 aromatic carbocycles. The van der Waals surface area contributed by atoms with Crippen molar-refractivity contribution in [2.45, 2.75) is 13.0 Å². The average Bonchev–Trinajstić information content (AvgIpc) is 3.14. The van der Waals surface area contributed by atoms with E-state index in [-0.39, 0.29) is 0 Å². The first-order valence-corrected chi connectivity index (χ1v) is 8.89. The maximum absolute atomic E-state index is 5.37. The second-order valence-electron chi connectivity index (χ2n) is 5.44. The van der Waals surface area contributed by atoms with Crippen LogP contribution in [-0.2, 0) is 13.0 Å². The van der Waals surface area contributed by atoms with Gasteiger partial charge in [-0.3, -0.25) is 4.98 Å². The third-order valence-electron chi connectivity index (χ3n) is 3.78. The van der Waals surface area contributed by atoms with Gasteiger partial charge in [0, 0.05) is 37.6 Å². The van der Waals surface area contributed by atoms with Gasteiger partial charge in [-0.25, -0.2) is 4.98 Å². The number of nitrogens with one attached hydrogen (secondary N) is 1. The van der Waals surface area contributed by atoms with Crippen molar-refractivity contribution in [1.29, 1.82) is 0 Å². The van der Waals surface area contributed by atoms with E-state index in [9.17, 15) is 0 Å². The molecule has 0 unspecified atom stereocenters. The first-order chi connectivity index (χ1) is 12.3. The van der Waals surface area contributed by atoms with Crippen LogP contribution < -0.4 is 14.8 Å². The molecular weight excluding hydrogens is 334 g/mol. The number of rotatable bonds is 8. The summed E-state index contributed by atoms with van der Waals surface area (Å²) in [4.78, 5) is 9.94. The summed E-state index contributed by atoms with van der Waals surface area (Å²) in [5.41, 5.74) is 2.18. The molecule has 3 rings (SSSR count). The van der Waals surface area contributed by atoms with Crippen molar-refractivity contribution in [2.75, 3.05) is 20.8 Å². The van der Waals surface area contributed by atoms with Gasteiger partial charge in [0.25, 0.3) is 0 Å². The van der Waals surface area contributed by atoms with Crippen molar-refractivity contribution in [3.8, 4) is 21.9 Å². The van der Waals surface area contributed by atoms with Gasteiger partial charge in [-0.15, -0.1) is 11.3 Å². The SMILES string of the molecule is COc1ccc(-c2cnc(CNCCc3ccccn3)s2)cc1OC. The largest absolute Gasteiger partial charge is 0.493 e. The Balaban J connectivity index is 1.57. The number of hydrogen-bond acceptors (Lipinski definition) is 6. The van der Waals surface area contributed by atoms with E-state index in [2.05, 4.69) is 15.3 Å². The van der Waals surface area contributed by atoms with Gasteiger partial charge in [0.1, 0.15) is 5.01 Å². The Labute approximate surface area is 151 Å². The van der Waals surface area contributed by atoms with Crippen LogP contribution in [0, 0.1) is 0 Å². The van der Waals surface area contributed by atoms with Gasteiger partial charge in [0.05, 0.1) is 19.1 Å². The summed E-state index contributed by atoms with van der Waals surface area (Å²) in [6.45, 7) is 1.63. The fraction of sp³-hybridized carbons (Fsp3) is 0.263. The van der Waals surface area contributed by atoms with Gasteiger partial charge in [-0.05, 0) is 35.9 Å². The molecule has 25 heavy (non-hydrogen) atoms. The number of ether oxygens (including phenoxy) is 2. The second-order valence-corrected chi connectivity index (χ2v) is 6.55. The molecular formula is C19H21N3O2S. The molecule has 0 fully saturated rings. The summed E-state index contributed by atoms with van der Waals surface area (Å²) in [7, 11) is 3.28. The van der Waals surface area contributed by atoms with Gasteiger partial charge >= 0.3 is 0 Å². The number of nitrogens with zero attached hydrogens (tertiary/aromatic N) is 2. The number of hydrogen-bond donors (Lipinski definition) is 1. The quantitative estimate of drug-likeness (QED) is 0.626. The standard InChI is InChI=1S/C19H21N3O2S/c1-23-16-7-6-14(11-17(16)24-2)18-12-22-19(25-18)13-20-10-8-15-5-3-4-9-21-15/h3-7,9,11-12,20H,8,10,13H2,1-2H3. The van der Waals surface area contributed by atoms with E-state index in [0.29, 0.717) is 0 Å². The zero-order valence-electron chi connectivity index (χ0n) is 14.4. The molecule has 2 heterocycles. The number of thiazole rings is 1. The van der Waals surface area contributed by atoms with Crippen LogP contribution in [0.15, 0.2) is 48.8 Å². The Kier molecular flexibility index (Phi) is 5.98. The molecule has 0 aliphatic rings. The normalized spacial score (nSPS) is 10.6. The molecule has 2 aromatic heterocycles. The molecule has 0 spiro atoms. The Morgan fingerprint density at radius 1 is 1.04 bits per heavy atom. The van der Waals surface area contributed by atoms with Crippen molar-refractivity contribution < 1.29 is 9.47 Å². The molecule has 0 aliphatic heterocycles. The number of pyridine rings is 1. The highest BCUT2D eigenvalue weighted by Crippen LogP contribution is 2.34. The van der Waals surface area contributed by atoms with Gasteiger partial charge in [0.15, 0.2) is 11.5 Å². The molecule has 0 atom stereocenters. The summed E-state index contributed by atoms with van der Waals surface area (Å²) >= 11 is 1.68. The predicted octanol–water partition coefficient (Wildman–Crippen LogP) is 3.55. The topological polar surface area (TPSA) is 56.3 Å². The second kappa shape index (κ2) is 8.60. The van der Waals surface area contributed by atoms with Crippen molar-refractivity contribution in [2.24, 2.45) is 0 Å². The lowest BCUT2D eigenvalue weighted by atomic mass is 10.2. The zero-order valence-corrected chi connectivity index (χ0v) is 15.2. The van der Waals surface area contributed by atoms with Crippen LogP contribution in [0.25, 0.3) is 10.4 Å². The van der Waals surface area contributed by atoms with Crippen molar-refractivity contribution in [1.82, 2.24) is 15.3 Å². The third-order valence-corrected chi connectivity index (χ3v) is 4.83. The lowest BCUT2D eigenvalue weighted by Crippen LogP contribution is -2.16. The van der Waals surface area contributed by atoms with Crippen LogP contribution >= 0.6 is 11.3 Å². The molecule has 0 saturated heterocycles. The molecule has 0 saturated carbocycles. The van der Waals surface area contributed by atoms with E-state index in [1.807, 2.05) is 48.8 Å². The van der Waals surface area contributed by atoms with Crippen LogP contribution in [0.2, 0.25) is 0 Å². The minimum atomic E-state index is 0.725. The number of benzene rings is 1. The van der Waals surface area contributed by atoms with E-state index >= 15 is 0 Å². The average molecular weight is 355 g/mol. The van der Waals surface area contributed by atoms with Crippen LogP contribution in [-0.4, -0.2) is 30.7 Å². The monoisotopic (exact) mass is 355 g/mol. The number of methoxy groups -OCH3 is 2. The predicted molar refractivity (Wildman–Crippen MR) is 100 cm³/mol.